The third-order valence-electron chi connectivity index (χ3n) is 3.68. The standard InChI is InChI=1S/C17H18F3N3OS/c1-10-14(11(2)22-16(21-10)25-3)8-9-15(24)23-13-6-4-12(5-7-13)17(18,19)20/h4-7H,8-9H2,1-3H3,(H,23,24). The lowest BCUT2D eigenvalue weighted by molar-refractivity contribution is -0.137. The number of hydrogen-bond acceptors (Lipinski definition) is 4. The molecule has 1 amide bonds. The first-order valence-corrected chi connectivity index (χ1v) is 8.78. The van der Waals surface area contributed by atoms with Crippen molar-refractivity contribution in [1.82, 2.24) is 9.97 Å². The summed E-state index contributed by atoms with van der Waals surface area (Å²) < 4.78 is 37.6. The Balaban J connectivity index is 1.97. The van der Waals surface area contributed by atoms with Crippen LogP contribution < -0.4 is 5.32 Å². The van der Waals surface area contributed by atoms with Crippen molar-refractivity contribution < 1.29 is 18.0 Å². The molecule has 2 rings (SSSR count). The molecule has 0 aliphatic heterocycles. The summed E-state index contributed by atoms with van der Waals surface area (Å²) in [5, 5.41) is 3.29. The molecule has 134 valence electrons. The second kappa shape index (κ2) is 7.86. The molecule has 1 aromatic heterocycles. The third-order valence-corrected chi connectivity index (χ3v) is 4.23. The van der Waals surface area contributed by atoms with E-state index in [0.717, 1.165) is 29.1 Å². The highest BCUT2D eigenvalue weighted by Gasteiger charge is 2.29. The highest BCUT2D eigenvalue weighted by Crippen LogP contribution is 2.29. The molecule has 0 aliphatic rings. The molecule has 2 aromatic rings. The van der Waals surface area contributed by atoms with Crippen molar-refractivity contribution in [2.24, 2.45) is 0 Å². The van der Waals surface area contributed by atoms with Crippen LogP contribution in [0.2, 0.25) is 0 Å². The summed E-state index contributed by atoms with van der Waals surface area (Å²) in [5.41, 5.74) is 2.17. The van der Waals surface area contributed by atoms with Crippen LogP contribution in [-0.4, -0.2) is 22.1 Å². The number of alkyl halides is 3. The quantitative estimate of drug-likeness (QED) is 0.627. The molecule has 0 saturated carbocycles. The Morgan fingerprint density at radius 2 is 1.68 bits per heavy atom. The summed E-state index contributed by atoms with van der Waals surface area (Å²) in [6.45, 7) is 3.75. The number of carbonyl (C=O) groups is 1. The molecule has 0 unspecified atom stereocenters. The van der Waals surface area contributed by atoms with Crippen LogP contribution >= 0.6 is 11.8 Å². The van der Waals surface area contributed by atoms with Gasteiger partial charge in [0.25, 0.3) is 0 Å². The lowest BCUT2D eigenvalue weighted by Crippen LogP contribution is -2.14. The van der Waals surface area contributed by atoms with E-state index in [1.165, 1.54) is 23.9 Å². The number of halogens is 3. The minimum atomic E-state index is -4.39. The molecule has 1 heterocycles. The summed E-state index contributed by atoms with van der Waals surface area (Å²) in [6.07, 6.45) is -1.82. The van der Waals surface area contributed by atoms with Crippen molar-refractivity contribution in [2.45, 2.75) is 38.0 Å². The molecule has 0 saturated heterocycles. The van der Waals surface area contributed by atoms with E-state index in [-0.39, 0.29) is 12.3 Å². The number of anilines is 1. The van der Waals surface area contributed by atoms with Crippen LogP contribution in [0.5, 0.6) is 0 Å². The van der Waals surface area contributed by atoms with Gasteiger partial charge in [0.1, 0.15) is 0 Å². The van der Waals surface area contributed by atoms with Gasteiger partial charge < -0.3 is 5.32 Å². The number of hydrogen-bond donors (Lipinski definition) is 1. The van der Waals surface area contributed by atoms with Crippen molar-refractivity contribution in [3.63, 3.8) is 0 Å². The first-order valence-electron chi connectivity index (χ1n) is 7.56. The second-order valence-corrected chi connectivity index (χ2v) is 6.26. The monoisotopic (exact) mass is 369 g/mol. The van der Waals surface area contributed by atoms with Crippen LogP contribution in [0.4, 0.5) is 18.9 Å². The lowest BCUT2D eigenvalue weighted by atomic mass is 10.1. The van der Waals surface area contributed by atoms with Crippen molar-refractivity contribution >= 4 is 23.4 Å². The maximum absolute atomic E-state index is 12.5. The van der Waals surface area contributed by atoms with Crippen LogP contribution in [0.25, 0.3) is 0 Å². The van der Waals surface area contributed by atoms with Gasteiger partial charge in [0.15, 0.2) is 5.16 Å². The summed E-state index contributed by atoms with van der Waals surface area (Å²) >= 11 is 1.45. The van der Waals surface area contributed by atoms with E-state index < -0.39 is 11.7 Å². The highest BCUT2D eigenvalue weighted by atomic mass is 32.2. The average molecular weight is 369 g/mol. The smallest absolute Gasteiger partial charge is 0.326 e. The fourth-order valence-corrected chi connectivity index (χ4v) is 2.82. The molecule has 8 heteroatoms. The zero-order valence-corrected chi connectivity index (χ0v) is 14.9. The Hall–Kier alpha value is -2.09. The number of aromatic nitrogens is 2. The molecule has 0 atom stereocenters. The number of nitrogens with zero attached hydrogens (tertiary/aromatic N) is 2. The number of rotatable bonds is 5. The normalized spacial score (nSPS) is 11.4. The molecule has 4 nitrogen and oxygen atoms in total. The van der Waals surface area contributed by atoms with Gasteiger partial charge >= 0.3 is 6.18 Å². The number of nitrogens with one attached hydrogen (secondary N) is 1. The topological polar surface area (TPSA) is 54.9 Å². The Morgan fingerprint density at radius 1 is 1.12 bits per heavy atom. The summed E-state index contributed by atoms with van der Waals surface area (Å²) in [6, 6.07) is 4.37. The van der Waals surface area contributed by atoms with Crippen LogP contribution in [0, 0.1) is 13.8 Å². The Kier molecular flexibility index (Phi) is 6.05. The zero-order valence-electron chi connectivity index (χ0n) is 14.1. The predicted molar refractivity (Wildman–Crippen MR) is 91.7 cm³/mol. The first kappa shape index (κ1) is 19.2. The van der Waals surface area contributed by atoms with Gasteiger partial charge in [-0.2, -0.15) is 13.2 Å². The largest absolute Gasteiger partial charge is 0.416 e. The van der Waals surface area contributed by atoms with E-state index in [4.69, 9.17) is 0 Å². The van der Waals surface area contributed by atoms with Gasteiger partial charge in [0.2, 0.25) is 5.91 Å². The second-order valence-electron chi connectivity index (χ2n) is 5.48. The predicted octanol–water partition coefficient (Wildman–Crippen LogP) is 4.41. The molecular weight excluding hydrogens is 351 g/mol. The molecule has 25 heavy (non-hydrogen) atoms. The van der Waals surface area contributed by atoms with Gasteiger partial charge in [-0.3, -0.25) is 4.79 Å². The molecule has 1 aromatic carbocycles. The molecule has 0 fully saturated rings. The SMILES string of the molecule is CSc1nc(C)c(CCC(=O)Nc2ccc(C(F)(F)F)cc2)c(C)n1. The third kappa shape index (κ3) is 5.19. The zero-order chi connectivity index (χ0) is 18.6. The molecule has 0 spiro atoms. The maximum Gasteiger partial charge on any atom is 0.416 e. The average Bonchev–Trinajstić information content (AvgIpc) is 2.53. The van der Waals surface area contributed by atoms with E-state index >= 15 is 0 Å². The van der Waals surface area contributed by atoms with E-state index in [0.29, 0.717) is 17.3 Å². The van der Waals surface area contributed by atoms with Crippen molar-refractivity contribution in [2.75, 3.05) is 11.6 Å². The fraction of sp³-hybridized carbons (Fsp3) is 0.353. The lowest BCUT2D eigenvalue weighted by Gasteiger charge is -2.11. The van der Waals surface area contributed by atoms with Gasteiger partial charge in [0.05, 0.1) is 5.56 Å². The first-order chi connectivity index (χ1) is 11.7. The number of benzene rings is 1. The Labute approximate surface area is 148 Å². The number of thioether (sulfide) groups is 1. The Morgan fingerprint density at radius 3 is 2.16 bits per heavy atom. The number of amides is 1. The highest BCUT2D eigenvalue weighted by molar-refractivity contribution is 7.98. The number of carbonyl (C=O) groups excluding carboxylic acids is 1. The van der Waals surface area contributed by atoms with Gasteiger partial charge in [-0.15, -0.1) is 0 Å². The molecule has 0 radical (unpaired) electrons. The number of aryl methyl sites for hydroxylation is 2. The van der Waals surface area contributed by atoms with Gasteiger partial charge in [0, 0.05) is 23.5 Å². The van der Waals surface area contributed by atoms with Crippen molar-refractivity contribution in [1.29, 1.82) is 0 Å². The van der Waals surface area contributed by atoms with Gasteiger partial charge in [-0.1, -0.05) is 11.8 Å². The van der Waals surface area contributed by atoms with Crippen LogP contribution in [0.3, 0.4) is 0 Å². The van der Waals surface area contributed by atoms with Crippen LogP contribution in [-0.2, 0) is 17.4 Å². The molecule has 0 bridgehead atoms. The summed E-state index contributed by atoms with van der Waals surface area (Å²) in [4.78, 5) is 20.8. The maximum atomic E-state index is 12.5. The van der Waals surface area contributed by atoms with Crippen LogP contribution in [0.1, 0.15) is 28.9 Å². The van der Waals surface area contributed by atoms with E-state index in [9.17, 15) is 18.0 Å². The van der Waals surface area contributed by atoms with E-state index in [2.05, 4.69) is 15.3 Å². The van der Waals surface area contributed by atoms with E-state index in [1.807, 2.05) is 20.1 Å². The minimum Gasteiger partial charge on any atom is -0.326 e. The molecular formula is C17H18F3N3OS. The van der Waals surface area contributed by atoms with Crippen LogP contribution in [0.15, 0.2) is 29.4 Å². The molecule has 0 aliphatic carbocycles. The fourth-order valence-electron chi connectivity index (χ4n) is 2.37. The molecule has 1 N–H and O–H groups in total. The van der Waals surface area contributed by atoms with Crippen molar-refractivity contribution in [3.05, 3.63) is 46.8 Å². The summed E-state index contributed by atoms with van der Waals surface area (Å²) in [7, 11) is 0. The van der Waals surface area contributed by atoms with Crippen molar-refractivity contribution in [3.8, 4) is 0 Å². The van der Waals surface area contributed by atoms with Gasteiger partial charge in [-0.05, 0) is 56.4 Å². The Bertz CT molecular complexity index is 738. The summed E-state index contributed by atoms with van der Waals surface area (Å²) in [5.74, 6) is -0.271. The van der Waals surface area contributed by atoms with Gasteiger partial charge in [-0.25, -0.2) is 9.97 Å². The minimum absolute atomic E-state index is 0.199. The van der Waals surface area contributed by atoms with E-state index in [1.54, 1.807) is 0 Å².